The number of benzene rings is 1. The van der Waals surface area contributed by atoms with E-state index >= 15 is 0 Å². The van der Waals surface area contributed by atoms with Crippen LogP contribution in [0.1, 0.15) is 28.8 Å². The summed E-state index contributed by atoms with van der Waals surface area (Å²) >= 11 is 0. The minimum Gasteiger partial charge on any atom is -0.456 e. The molecule has 2 N–H and O–H groups in total. The van der Waals surface area contributed by atoms with Crippen molar-refractivity contribution in [2.75, 3.05) is 12.4 Å². The van der Waals surface area contributed by atoms with Gasteiger partial charge in [0.2, 0.25) is 0 Å². The van der Waals surface area contributed by atoms with Gasteiger partial charge in [-0.3, -0.25) is 4.79 Å². The molecular formula is C15H18N2O2. The van der Waals surface area contributed by atoms with E-state index in [1.54, 1.807) is 6.07 Å². The molecule has 0 unspecified atom stereocenters. The van der Waals surface area contributed by atoms with E-state index < -0.39 is 0 Å². The fourth-order valence-corrected chi connectivity index (χ4v) is 1.86. The van der Waals surface area contributed by atoms with Crippen molar-refractivity contribution in [2.45, 2.75) is 19.9 Å². The minimum atomic E-state index is -0.219. The SMILES string of the molecule is CCc1ccc(C(=O)Nc2ccccc2CNC)o1. The summed E-state index contributed by atoms with van der Waals surface area (Å²) < 4.78 is 5.44. The molecule has 1 heterocycles. The molecule has 0 saturated carbocycles. The summed E-state index contributed by atoms with van der Waals surface area (Å²) in [6.45, 7) is 2.69. The zero-order valence-corrected chi connectivity index (χ0v) is 11.2. The number of hydrogen-bond acceptors (Lipinski definition) is 3. The van der Waals surface area contributed by atoms with Crippen LogP contribution in [0, 0.1) is 0 Å². The number of carbonyl (C=O) groups is 1. The number of anilines is 1. The van der Waals surface area contributed by atoms with Crippen LogP contribution >= 0.6 is 0 Å². The molecule has 0 aliphatic carbocycles. The molecule has 0 fully saturated rings. The predicted octanol–water partition coefficient (Wildman–Crippen LogP) is 2.81. The molecule has 0 bridgehead atoms. The molecule has 4 heteroatoms. The minimum absolute atomic E-state index is 0.219. The monoisotopic (exact) mass is 258 g/mol. The standard InChI is InChI=1S/C15H18N2O2/c1-3-12-8-9-14(19-12)15(18)17-13-7-5-4-6-11(13)10-16-2/h4-9,16H,3,10H2,1-2H3,(H,17,18). The van der Waals surface area contributed by atoms with Gasteiger partial charge in [-0.1, -0.05) is 25.1 Å². The molecule has 0 aliphatic rings. The molecule has 0 radical (unpaired) electrons. The predicted molar refractivity (Wildman–Crippen MR) is 75.2 cm³/mol. The Labute approximate surface area is 112 Å². The van der Waals surface area contributed by atoms with E-state index in [9.17, 15) is 4.79 Å². The van der Waals surface area contributed by atoms with Crippen LogP contribution in [0.5, 0.6) is 0 Å². The first kappa shape index (κ1) is 13.4. The van der Waals surface area contributed by atoms with E-state index in [2.05, 4.69) is 10.6 Å². The molecule has 4 nitrogen and oxygen atoms in total. The van der Waals surface area contributed by atoms with Gasteiger partial charge in [-0.05, 0) is 30.8 Å². The van der Waals surface area contributed by atoms with Gasteiger partial charge < -0.3 is 15.1 Å². The quantitative estimate of drug-likeness (QED) is 0.867. The van der Waals surface area contributed by atoms with Crippen molar-refractivity contribution in [2.24, 2.45) is 0 Å². The third-order valence-corrected chi connectivity index (χ3v) is 2.87. The number of amides is 1. The van der Waals surface area contributed by atoms with Gasteiger partial charge in [-0.15, -0.1) is 0 Å². The van der Waals surface area contributed by atoms with Crippen LogP contribution in [0.2, 0.25) is 0 Å². The zero-order valence-electron chi connectivity index (χ0n) is 11.2. The van der Waals surface area contributed by atoms with E-state index in [0.29, 0.717) is 12.3 Å². The lowest BCUT2D eigenvalue weighted by atomic mass is 10.1. The lowest BCUT2D eigenvalue weighted by Crippen LogP contribution is -2.14. The third kappa shape index (κ3) is 3.23. The fourth-order valence-electron chi connectivity index (χ4n) is 1.86. The average molecular weight is 258 g/mol. The van der Waals surface area contributed by atoms with Crippen LogP contribution in [-0.4, -0.2) is 13.0 Å². The smallest absolute Gasteiger partial charge is 0.291 e. The number of furan rings is 1. The normalized spacial score (nSPS) is 10.4. The molecule has 0 aliphatic heterocycles. The average Bonchev–Trinajstić information content (AvgIpc) is 2.90. The van der Waals surface area contributed by atoms with Crippen LogP contribution in [0.3, 0.4) is 0 Å². The van der Waals surface area contributed by atoms with Crippen molar-refractivity contribution >= 4 is 11.6 Å². The molecule has 2 rings (SSSR count). The van der Waals surface area contributed by atoms with Crippen molar-refractivity contribution in [1.29, 1.82) is 0 Å². The highest BCUT2D eigenvalue weighted by molar-refractivity contribution is 6.02. The number of carbonyl (C=O) groups excluding carboxylic acids is 1. The molecular weight excluding hydrogens is 240 g/mol. The van der Waals surface area contributed by atoms with Gasteiger partial charge in [-0.2, -0.15) is 0 Å². The van der Waals surface area contributed by atoms with E-state index in [1.807, 2.05) is 44.3 Å². The molecule has 1 amide bonds. The fraction of sp³-hybridized carbons (Fsp3) is 0.267. The number of para-hydroxylation sites is 1. The van der Waals surface area contributed by atoms with Gasteiger partial charge in [0.1, 0.15) is 5.76 Å². The Morgan fingerprint density at radius 1 is 1.21 bits per heavy atom. The Morgan fingerprint density at radius 2 is 2.00 bits per heavy atom. The Hall–Kier alpha value is -2.07. The highest BCUT2D eigenvalue weighted by atomic mass is 16.3. The lowest BCUT2D eigenvalue weighted by Gasteiger charge is -2.09. The maximum absolute atomic E-state index is 12.1. The maximum atomic E-state index is 12.1. The van der Waals surface area contributed by atoms with E-state index in [-0.39, 0.29) is 5.91 Å². The molecule has 2 aromatic rings. The van der Waals surface area contributed by atoms with Crippen molar-refractivity contribution in [3.8, 4) is 0 Å². The molecule has 0 spiro atoms. The van der Waals surface area contributed by atoms with Gasteiger partial charge in [-0.25, -0.2) is 0 Å². The van der Waals surface area contributed by atoms with Crippen LogP contribution in [-0.2, 0) is 13.0 Å². The molecule has 100 valence electrons. The second-order valence-electron chi connectivity index (χ2n) is 4.26. The first-order valence-corrected chi connectivity index (χ1v) is 6.37. The lowest BCUT2D eigenvalue weighted by molar-refractivity contribution is 0.0995. The maximum Gasteiger partial charge on any atom is 0.291 e. The second-order valence-corrected chi connectivity index (χ2v) is 4.26. The van der Waals surface area contributed by atoms with Gasteiger partial charge >= 0.3 is 0 Å². The first-order valence-electron chi connectivity index (χ1n) is 6.37. The number of rotatable bonds is 5. The van der Waals surface area contributed by atoms with Crippen molar-refractivity contribution < 1.29 is 9.21 Å². The van der Waals surface area contributed by atoms with E-state index in [1.165, 1.54) is 0 Å². The van der Waals surface area contributed by atoms with Gasteiger partial charge in [0.25, 0.3) is 5.91 Å². The summed E-state index contributed by atoms with van der Waals surface area (Å²) in [5.41, 5.74) is 1.84. The van der Waals surface area contributed by atoms with Gasteiger partial charge in [0.05, 0.1) is 0 Å². The Morgan fingerprint density at radius 3 is 2.68 bits per heavy atom. The van der Waals surface area contributed by atoms with E-state index in [0.717, 1.165) is 23.4 Å². The van der Waals surface area contributed by atoms with E-state index in [4.69, 9.17) is 4.42 Å². The van der Waals surface area contributed by atoms with Crippen molar-refractivity contribution in [3.63, 3.8) is 0 Å². The van der Waals surface area contributed by atoms with Crippen LogP contribution in [0.4, 0.5) is 5.69 Å². The summed E-state index contributed by atoms with van der Waals surface area (Å²) in [5, 5.41) is 5.95. The van der Waals surface area contributed by atoms with Crippen LogP contribution < -0.4 is 10.6 Å². The van der Waals surface area contributed by atoms with Crippen molar-refractivity contribution in [1.82, 2.24) is 5.32 Å². The third-order valence-electron chi connectivity index (χ3n) is 2.87. The summed E-state index contributed by atoms with van der Waals surface area (Å²) in [7, 11) is 1.87. The summed E-state index contributed by atoms with van der Waals surface area (Å²) in [4.78, 5) is 12.1. The highest BCUT2D eigenvalue weighted by Crippen LogP contribution is 2.17. The largest absolute Gasteiger partial charge is 0.456 e. The Kier molecular flexibility index (Phi) is 4.36. The summed E-state index contributed by atoms with van der Waals surface area (Å²) in [6, 6.07) is 11.2. The second kappa shape index (κ2) is 6.20. The zero-order chi connectivity index (χ0) is 13.7. The highest BCUT2D eigenvalue weighted by Gasteiger charge is 2.12. The Balaban J connectivity index is 2.14. The molecule has 1 aromatic heterocycles. The number of nitrogens with one attached hydrogen (secondary N) is 2. The van der Waals surface area contributed by atoms with Gasteiger partial charge in [0, 0.05) is 18.7 Å². The molecule has 0 saturated heterocycles. The number of hydrogen-bond donors (Lipinski definition) is 2. The molecule has 1 aromatic carbocycles. The van der Waals surface area contributed by atoms with Crippen LogP contribution in [0.15, 0.2) is 40.8 Å². The Bertz CT molecular complexity index is 561. The molecule has 0 atom stereocenters. The summed E-state index contributed by atoms with van der Waals surface area (Å²) in [6.07, 6.45) is 0.781. The molecule has 19 heavy (non-hydrogen) atoms. The summed E-state index contributed by atoms with van der Waals surface area (Å²) in [5.74, 6) is 0.938. The topological polar surface area (TPSA) is 54.3 Å². The number of aryl methyl sites for hydroxylation is 1. The van der Waals surface area contributed by atoms with Crippen LogP contribution in [0.25, 0.3) is 0 Å². The van der Waals surface area contributed by atoms with Crippen molar-refractivity contribution in [3.05, 3.63) is 53.5 Å². The van der Waals surface area contributed by atoms with Gasteiger partial charge in [0.15, 0.2) is 5.76 Å². The first-order chi connectivity index (χ1) is 9.24.